The second kappa shape index (κ2) is 12.7. The van der Waals surface area contributed by atoms with Crippen molar-refractivity contribution in [3.63, 3.8) is 0 Å². The number of rotatable bonds is 13. The molecule has 0 radical (unpaired) electrons. The van der Waals surface area contributed by atoms with Gasteiger partial charge in [-0.25, -0.2) is 0 Å². The van der Waals surface area contributed by atoms with Crippen LogP contribution in [0.1, 0.15) is 63.0 Å². The van der Waals surface area contributed by atoms with Crippen molar-refractivity contribution in [2.24, 2.45) is 0 Å². The zero-order valence-corrected chi connectivity index (χ0v) is 18.9. The molecule has 2 N–H and O–H groups in total. The first-order valence-corrected chi connectivity index (χ1v) is 11.0. The maximum Gasteiger partial charge on any atom is 0.223 e. The van der Waals surface area contributed by atoms with Crippen LogP contribution in [0.4, 0.5) is 0 Å². The molecule has 0 fully saturated rings. The molecule has 0 aromatic heterocycles. The van der Waals surface area contributed by atoms with E-state index in [9.17, 15) is 15.0 Å². The number of amides is 1. The SMILES string of the molecule is CCCCCCCCC(=O)N(Cc1ccc(O)c(OC)c1)Cc1ccc(O)c(OC)c1. The van der Waals surface area contributed by atoms with Crippen molar-refractivity contribution >= 4 is 5.91 Å². The van der Waals surface area contributed by atoms with Gasteiger partial charge in [-0.3, -0.25) is 4.79 Å². The summed E-state index contributed by atoms with van der Waals surface area (Å²) in [6.45, 7) is 2.99. The van der Waals surface area contributed by atoms with Crippen LogP contribution in [0.15, 0.2) is 36.4 Å². The molecule has 0 aliphatic carbocycles. The number of ether oxygens (including phenoxy) is 2. The number of nitrogens with zero attached hydrogens (tertiary/aromatic N) is 1. The highest BCUT2D eigenvalue weighted by Gasteiger charge is 2.16. The predicted octanol–water partition coefficient (Wildman–Crippen LogP) is 5.39. The zero-order valence-electron chi connectivity index (χ0n) is 18.9. The van der Waals surface area contributed by atoms with E-state index in [0.29, 0.717) is 31.0 Å². The topological polar surface area (TPSA) is 79.2 Å². The van der Waals surface area contributed by atoms with E-state index in [1.165, 1.54) is 33.5 Å². The quantitative estimate of drug-likeness (QED) is 0.417. The molecule has 2 aromatic rings. The lowest BCUT2D eigenvalue weighted by Crippen LogP contribution is -2.30. The van der Waals surface area contributed by atoms with Gasteiger partial charge in [0.25, 0.3) is 0 Å². The Morgan fingerprint density at radius 3 is 1.77 bits per heavy atom. The van der Waals surface area contributed by atoms with Crippen molar-refractivity contribution in [2.75, 3.05) is 14.2 Å². The van der Waals surface area contributed by atoms with Crippen LogP contribution in [0.2, 0.25) is 0 Å². The van der Waals surface area contributed by atoms with Gasteiger partial charge in [0, 0.05) is 19.5 Å². The first-order valence-electron chi connectivity index (χ1n) is 11.0. The molecule has 2 rings (SSSR count). The highest BCUT2D eigenvalue weighted by Crippen LogP contribution is 2.29. The van der Waals surface area contributed by atoms with Gasteiger partial charge in [0.1, 0.15) is 0 Å². The molecule has 0 atom stereocenters. The smallest absolute Gasteiger partial charge is 0.223 e. The molecule has 1 amide bonds. The second-order valence-corrected chi connectivity index (χ2v) is 7.78. The number of carbonyl (C=O) groups excluding carboxylic acids is 1. The number of phenols is 2. The highest BCUT2D eigenvalue weighted by molar-refractivity contribution is 5.76. The Hall–Kier alpha value is -2.89. The van der Waals surface area contributed by atoms with Crippen LogP contribution in [0.25, 0.3) is 0 Å². The van der Waals surface area contributed by atoms with Gasteiger partial charge in [0.2, 0.25) is 5.91 Å². The molecule has 170 valence electrons. The molecule has 0 aliphatic heterocycles. The van der Waals surface area contributed by atoms with E-state index < -0.39 is 0 Å². The summed E-state index contributed by atoms with van der Waals surface area (Å²) in [7, 11) is 3.01. The maximum absolute atomic E-state index is 13.0. The maximum atomic E-state index is 13.0. The molecule has 6 heteroatoms. The van der Waals surface area contributed by atoms with Gasteiger partial charge in [0.15, 0.2) is 23.0 Å². The van der Waals surface area contributed by atoms with Gasteiger partial charge < -0.3 is 24.6 Å². The molecule has 6 nitrogen and oxygen atoms in total. The molecule has 0 unspecified atom stereocenters. The van der Waals surface area contributed by atoms with Crippen LogP contribution >= 0.6 is 0 Å². The molecule has 2 aromatic carbocycles. The molecule has 31 heavy (non-hydrogen) atoms. The molecule has 0 saturated heterocycles. The van der Waals surface area contributed by atoms with Crippen LogP contribution in [0.3, 0.4) is 0 Å². The van der Waals surface area contributed by atoms with Gasteiger partial charge in [0.05, 0.1) is 14.2 Å². The summed E-state index contributed by atoms with van der Waals surface area (Å²) < 4.78 is 10.4. The lowest BCUT2D eigenvalue weighted by Gasteiger charge is -2.24. The molecular weight excluding hydrogens is 394 g/mol. The van der Waals surface area contributed by atoms with Gasteiger partial charge in [-0.2, -0.15) is 0 Å². The predicted molar refractivity (Wildman–Crippen MR) is 122 cm³/mol. The number of methoxy groups -OCH3 is 2. The Kier molecular flexibility index (Phi) is 10.0. The largest absolute Gasteiger partial charge is 0.504 e. The fraction of sp³-hybridized carbons (Fsp3) is 0.480. The number of carbonyl (C=O) groups is 1. The summed E-state index contributed by atoms with van der Waals surface area (Å²) in [4.78, 5) is 14.8. The van der Waals surface area contributed by atoms with Crippen molar-refractivity contribution in [1.82, 2.24) is 4.90 Å². The summed E-state index contributed by atoms with van der Waals surface area (Å²) in [6, 6.07) is 10.2. The number of benzene rings is 2. The van der Waals surface area contributed by atoms with Crippen LogP contribution in [0.5, 0.6) is 23.0 Å². The van der Waals surface area contributed by atoms with Crippen molar-refractivity contribution in [1.29, 1.82) is 0 Å². The number of unbranched alkanes of at least 4 members (excludes halogenated alkanes) is 5. The lowest BCUT2D eigenvalue weighted by molar-refractivity contribution is -0.132. The summed E-state index contributed by atoms with van der Waals surface area (Å²) in [6.07, 6.45) is 7.25. The minimum atomic E-state index is 0.0690. The average Bonchev–Trinajstić information content (AvgIpc) is 2.77. The molecular formula is C25H35NO5. The normalized spacial score (nSPS) is 10.7. The lowest BCUT2D eigenvalue weighted by atomic mass is 10.1. The molecule has 0 saturated carbocycles. The van der Waals surface area contributed by atoms with E-state index in [4.69, 9.17) is 9.47 Å². The molecule has 0 aliphatic rings. The summed E-state index contributed by atoms with van der Waals surface area (Å²) in [5.74, 6) is 0.979. The Labute approximate surface area is 185 Å². The van der Waals surface area contributed by atoms with E-state index >= 15 is 0 Å². The van der Waals surface area contributed by atoms with E-state index in [-0.39, 0.29) is 17.4 Å². The minimum Gasteiger partial charge on any atom is -0.504 e. The first kappa shape index (κ1) is 24.4. The van der Waals surface area contributed by atoms with E-state index in [1.54, 1.807) is 41.3 Å². The third-order valence-corrected chi connectivity index (χ3v) is 5.33. The van der Waals surface area contributed by atoms with Crippen LogP contribution in [-0.4, -0.2) is 35.2 Å². The van der Waals surface area contributed by atoms with Crippen LogP contribution in [-0.2, 0) is 17.9 Å². The summed E-state index contributed by atoms with van der Waals surface area (Å²) in [5, 5.41) is 19.7. The van der Waals surface area contributed by atoms with Crippen LogP contribution in [0, 0.1) is 0 Å². The van der Waals surface area contributed by atoms with Gasteiger partial charge in [-0.05, 0) is 41.8 Å². The van der Waals surface area contributed by atoms with Gasteiger partial charge in [-0.15, -0.1) is 0 Å². The second-order valence-electron chi connectivity index (χ2n) is 7.78. The first-order chi connectivity index (χ1) is 15.0. The van der Waals surface area contributed by atoms with E-state index in [2.05, 4.69) is 6.92 Å². The third kappa shape index (κ3) is 7.70. The summed E-state index contributed by atoms with van der Waals surface area (Å²) >= 11 is 0. The Morgan fingerprint density at radius 1 is 0.806 bits per heavy atom. The molecule has 0 bridgehead atoms. The number of hydrogen-bond acceptors (Lipinski definition) is 5. The van der Waals surface area contributed by atoms with Crippen molar-refractivity contribution < 1.29 is 24.5 Å². The zero-order chi connectivity index (χ0) is 22.6. The molecule has 0 heterocycles. The van der Waals surface area contributed by atoms with Gasteiger partial charge in [-0.1, -0.05) is 51.2 Å². The van der Waals surface area contributed by atoms with Gasteiger partial charge >= 0.3 is 0 Å². The number of phenolic OH excluding ortho intramolecular Hbond substituents is 2. The Morgan fingerprint density at radius 2 is 1.29 bits per heavy atom. The Bertz CT molecular complexity index is 781. The average molecular weight is 430 g/mol. The number of hydrogen-bond donors (Lipinski definition) is 2. The fourth-order valence-electron chi connectivity index (χ4n) is 3.53. The van der Waals surface area contributed by atoms with Crippen molar-refractivity contribution in [3.8, 4) is 23.0 Å². The standard InChI is InChI=1S/C25H35NO5/c1-4-5-6-7-8-9-10-25(29)26(17-19-11-13-21(27)23(15-19)30-2)18-20-12-14-22(28)24(16-20)31-3/h11-16,27-28H,4-10,17-18H2,1-3H3. The molecule has 0 spiro atoms. The highest BCUT2D eigenvalue weighted by atomic mass is 16.5. The summed E-state index contributed by atoms with van der Waals surface area (Å²) in [5.41, 5.74) is 1.74. The van der Waals surface area contributed by atoms with Crippen molar-refractivity contribution in [3.05, 3.63) is 47.5 Å². The van der Waals surface area contributed by atoms with E-state index in [1.807, 2.05) is 0 Å². The number of aromatic hydroxyl groups is 2. The Balaban J connectivity index is 2.11. The monoisotopic (exact) mass is 429 g/mol. The van der Waals surface area contributed by atoms with Crippen molar-refractivity contribution in [2.45, 2.75) is 65.0 Å². The van der Waals surface area contributed by atoms with Crippen LogP contribution < -0.4 is 9.47 Å². The minimum absolute atomic E-state index is 0.0690. The fourth-order valence-corrected chi connectivity index (χ4v) is 3.53. The third-order valence-electron chi connectivity index (χ3n) is 5.33. The van der Waals surface area contributed by atoms with E-state index in [0.717, 1.165) is 30.4 Å².